The average molecular weight is 477 g/mol. The van der Waals surface area contributed by atoms with E-state index in [1.54, 1.807) is 18.2 Å². The molecule has 33 heavy (non-hydrogen) atoms. The Hall–Kier alpha value is -3.22. The lowest BCUT2D eigenvalue weighted by Crippen LogP contribution is -2.43. The molecule has 11 nitrogen and oxygen atoms in total. The number of rotatable bonds is 6. The Morgan fingerprint density at radius 1 is 1.18 bits per heavy atom. The molecule has 4 rings (SSSR count). The van der Waals surface area contributed by atoms with Crippen molar-refractivity contribution >= 4 is 27.3 Å². The van der Waals surface area contributed by atoms with E-state index in [0.717, 1.165) is 19.2 Å². The largest absolute Gasteiger partial charge is 0.491 e. The third-order valence-electron chi connectivity index (χ3n) is 5.48. The molecule has 1 saturated heterocycles. The van der Waals surface area contributed by atoms with Crippen molar-refractivity contribution in [3.05, 3.63) is 58.1 Å². The number of amides is 1. The number of hydrogen-bond acceptors (Lipinski definition) is 9. The third-order valence-corrected chi connectivity index (χ3v) is 6.79. The van der Waals surface area contributed by atoms with Gasteiger partial charge in [-0.2, -0.15) is 0 Å². The van der Waals surface area contributed by atoms with E-state index in [4.69, 9.17) is 9.47 Å². The first-order chi connectivity index (χ1) is 15.8. The number of hydrogen-bond donors (Lipinski definition) is 2. The minimum atomic E-state index is -4.38. The number of carbonyl (C=O) groups excluding carboxylic acids is 1. The average Bonchev–Trinajstić information content (AvgIpc) is 3.01. The molecule has 2 aromatic rings. The molecule has 2 N–H and O–H groups in total. The molecule has 2 aliphatic heterocycles. The Morgan fingerprint density at radius 3 is 2.61 bits per heavy atom. The van der Waals surface area contributed by atoms with Crippen LogP contribution in [0.15, 0.2) is 47.4 Å². The van der Waals surface area contributed by atoms with Gasteiger partial charge in [-0.25, -0.2) is 13.1 Å². The SMILES string of the molecule is O=C(NS(=O)(=O)c1cc2c(c([N+](=O)[O-])c1)N[C@@H](CN1CCOCC1)CCO2)c1ccccc1. The van der Waals surface area contributed by atoms with Gasteiger partial charge < -0.3 is 14.8 Å². The predicted molar refractivity (Wildman–Crippen MR) is 119 cm³/mol. The Morgan fingerprint density at radius 2 is 1.91 bits per heavy atom. The van der Waals surface area contributed by atoms with Crippen LogP contribution in [0.5, 0.6) is 5.75 Å². The highest BCUT2D eigenvalue weighted by Crippen LogP contribution is 2.39. The number of fused-ring (bicyclic) bond motifs is 1. The van der Waals surface area contributed by atoms with E-state index in [1.165, 1.54) is 18.2 Å². The second-order valence-corrected chi connectivity index (χ2v) is 9.45. The molecule has 2 aromatic carbocycles. The molecule has 0 aliphatic carbocycles. The molecule has 12 heteroatoms. The normalized spacial score (nSPS) is 18.8. The number of nitro benzene ring substituents is 1. The number of morpholine rings is 1. The summed E-state index contributed by atoms with van der Waals surface area (Å²) in [5, 5.41) is 15.0. The minimum absolute atomic E-state index is 0.0567. The Labute approximate surface area is 190 Å². The van der Waals surface area contributed by atoms with E-state index in [2.05, 4.69) is 10.2 Å². The lowest BCUT2D eigenvalue weighted by Gasteiger charge is -2.30. The Kier molecular flexibility index (Phi) is 6.77. The first-order valence-corrected chi connectivity index (χ1v) is 12.0. The van der Waals surface area contributed by atoms with Gasteiger partial charge in [-0.1, -0.05) is 18.2 Å². The maximum Gasteiger partial charge on any atom is 0.297 e. The molecule has 1 amide bonds. The second kappa shape index (κ2) is 9.73. The van der Waals surface area contributed by atoms with Crippen molar-refractivity contribution in [1.82, 2.24) is 9.62 Å². The van der Waals surface area contributed by atoms with Gasteiger partial charge in [0.2, 0.25) is 0 Å². The quantitative estimate of drug-likeness (QED) is 0.470. The highest BCUT2D eigenvalue weighted by molar-refractivity contribution is 7.90. The molecule has 1 fully saturated rings. The number of carbonyl (C=O) groups is 1. The molecule has 2 heterocycles. The predicted octanol–water partition coefficient (Wildman–Crippen LogP) is 1.61. The Balaban J connectivity index is 1.60. The van der Waals surface area contributed by atoms with Gasteiger partial charge in [-0.15, -0.1) is 0 Å². The van der Waals surface area contributed by atoms with E-state index in [1.807, 2.05) is 4.72 Å². The minimum Gasteiger partial charge on any atom is -0.491 e. The van der Waals surface area contributed by atoms with Crippen LogP contribution in [0.3, 0.4) is 0 Å². The zero-order valence-corrected chi connectivity index (χ0v) is 18.5. The van der Waals surface area contributed by atoms with Crippen molar-refractivity contribution in [2.24, 2.45) is 0 Å². The first-order valence-electron chi connectivity index (χ1n) is 10.5. The number of nitrogens with zero attached hydrogens (tertiary/aromatic N) is 2. The highest BCUT2D eigenvalue weighted by atomic mass is 32.2. The van der Waals surface area contributed by atoms with Crippen molar-refractivity contribution in [2.45, 2.75) is 17.4 Å². The summed E-state index contributed by atoms with van der Waals surface area (Å²) in [6.45, 7) is 3.72. The van der Waals surface area contributed by atoms with E-state index >= 15 is 0 Å². The van der Waals surface area contributed by atoms with E-state index < -0.39 is 31.4 Å². The molecule has 176 valence electrons. The standard InChI is InChI=1S/C21H24N4O7S/c26-21(15-4-2-1-3-5-15)23-33(29,30)17-12-18(25(27)28)20-19(13-17)32-9-6-16(22-20)14-24-7-10-31-11-8-24/h1-5,12-13,16,22H,6-11,14H2,(H,23,26)/t16-/m1/s1. The molecule has 0 unspecified atom stereocenters. The zero-order chi connectivity index (χ0) is 23.4. The summed E-state index contributed by atoms with van der Waals surface area (Å²) in [7, 11) is -4.38. The third kappa shape index (κ3) is 5.41. The molecule has 0 spiro atoms. The molecule has 0 bridgehead atoms. The van der Waals surface area contributed by atoms with E-state index in [9.17, 15) is 23.3 Å². The summed E-state index contributed by atoms with van der Waals surface area (Å²) >= 11 is 0. The number of benzene rings is 2. The first kappa shape index (κ1) is 23.0. The van der Waals surface area contributed by atoms with Gasteiger partial charge in [-0.05, 0) is 12.1 Å². The van der Waals surface area contributed by atoms with Gasteiger partial charge in [0.05, 0.1) is 29.6 Å². The van der Waals surface area contributed by atoms with Gasteiger partial charge >= 0.3 is 0 Å². The number of anilines is 1. The van der Waals surface area contributed by atoms with Crippen LogP contribution in [0.4, 0.5) is 11.4 Å². The summed E-state index contributed by atoms with van der Waals surface area (Å²) in [6.07, 6.45) is 0.579. The van der Waals surface area contributed by atoms with Crippen LogP contribution >= 0.6 is 0 Å². The lowest BCUT2D eigenvalue weighted by molar-refractivity contribution is -0.384. The molecular weight excluding hydrogens is 452 g/mol. The van der Waals surface area contributed by atoms with Gasteiger partial charge in [0.1, 0.15) is 0 Å². The Bertz CT molecular complexity index is 1130. The van der Waals surface area contributed by atoms with Crippen molar-refractivity contribution in [1.29, 1.82) is 0 Å². The lowest BCUT2D eigenvalue weighted by atomic mass is 10.1. The monoisotopic (exact) mass is 476 g/mol. The molecular formula is C21H24N4O7S. The second-order valence-electron chi connectivity index (χ2n) is 7.76. The van der Waals surface area contributed by atoms with E-state index in [-0.39, 0.29) is 29.6 Å². The van der Waals surface area contributed by atoms with Crippen molar-refractivity contribution < 1.29 is 27.6 Å². The van der Waals surface area contributed by atoms with Crippen LogP contribution in [-0.2, 0) is 14.8 Å². The molecule has 1 atom stereocenters. The number of sulfonamides is 1. The van der Waals surface area contributed by atoms with Crippen molar-refractivity contribution in [3.8, 4) is 5.75 Å². The van der Waals surface area contributed by atoms with Crippen LogP contribution in [0, 0.1) is 10.1 Å². The topological polar surface area (TPSA) is 140 Å². The molecule has 0 aromatic heterocycles. The maximum absolute atomic E-state index is 12.8. The smallest absolute Gasteiger partial charge is 0.297 e. The molecule has 0 radical (unpaired) electrons. The van der Waals surface area contributed by atoms with Crippen LogP contribution < -0.4 is 14.8 Å². The van der Waals surface area contributed by atoms with Gasteiger partial charge in [0.25, 0.3) is 21.6 Å². The summed E-state index contributed by atoms with van der Waals surface area (Å²) in [5.41, 5.74) is -0.160. The van der Waals surface area contributed by atoms with Crippen LogP contribution in [-0.4, -0.2) is 69.6 Å². The van der Waals surface area contributed by atoms with E-state index in [0.29, 0.717) is 26.2 Å². The fourth-order valence-corrected chi connectivity index (χ4v) is 4.79. The fourth-order valence-electron chi connectivity index (χ4n) is 3.78. The summed E-state index contributed by atoms with van der Waals surface area (Å²) in [6, 6.07) is 9.84. The van der Waals surface area contributed by atoms with Gasteiger partial charge in [0.15, 0.2) is 11.4 Å². The van der Waals surface area contributed by atoms with Crippen LogP contribution in [0.2, 0.25) is 0 Å². The summed E-state index contributed by atoms with van der Waals surface area (Å²) in [5.74, 6) is -0.779. The summed E-state index contributed by atoms with van der Waals surface area (Å²) < 4.78 is 38.7. The maximum atomic E-state index is 12.8. The summed E-state index contributed by atoms with van der Waals surface area (Å²) in [4.78, 5) is 25.3. The zero-order valence-electron chi connectivity index (χ0n) is 17.7. The van der Waals surface area contributed by atoms with Crippen LogP contribution in [0.1, 0.15) is 16.8 Å². The highest BCUT2D eigenvalue weighted by Gasteiger charge is 2.31. The fraction of sp³-hybridized carbons (Fsp3) is 0.381. The van der Waals surface area contributed by atoms with Crippen LogP contribution in [0.25, 0.3) is 0 Å². The molecule has 2 aliphatic rings. The number of nitro groups is 1. The number of nitrogens with one attached hydrogen (secondary N) is 2. The van der Waals surface area contributed by atoms with Crippen molar-refractivity contribution in [3.63, 3.8) is 0 Å². The molecule has 0 saturated carbocycles. The van der Waals surface area contributed by atoms with Gasteiger partial charge in [-0.3, -0.25) is 19.8 Å². The van der Waals surface area contributed by atoms with Gasteiger partial charge in [0, 0.05) is 49.8 Å². The van der Waals surface area contributed by atoms with Crippen molar-refractivity contribution in [2.75, 3.05) is 44.8 Å². The number of ether oxygens (including phenoxy) is 2.